The second-order valence-electron chi connectivity index (χ2n) is 2.78. The summed E-state index contributed by atoms with van der Waals surface area (Å²) in [7, 11) is 0. The fourth-order valence-corrected chi connectivity index (χ4v) is 1.12. The van der Waals surface area contributed by atoms with Crippen molar-refractivity contribution < 1.29 is 14.1 Å². The molecule has 1 saturated heterocycles. The zero-order valence-electron chi connectivity index (χ0n) is 6.57. The van der Waals surface area contributed by atoms with Crippen molar-refractivity contribution in [1.82, 2.24) is 0 Å². The Bertz CT molecular complexity index is 362. The number of epoxide rings is 1. The highest BCUT2D eigenvalue weighted by atomic mass is 19.1. The summed E-state index contributed by atoms with van der Waals surface area (Å²) in [4.78, 5) is 9.80. The van der Waals surface area contributed by atoms with Crippen LogP contribution < -0.4 is 0 Å². The van der Waals surface area contributed by atoms with Crippen molar-refractivity contribution in [3.05, 3.63) is 39.7 Å². The SMILES string of the molecule is O=[N+]([O-])c1ccc(F)c([C@H]2CO2)c1. The second-order valence-corrected chi connectivity index (χ2v) is 2.78. The number of nitrogens with zero attached hydrogens (tertiary/aromatic N) is 1. The van der Waals surface area contributed by atoms with Crippen molar-refractivity contribution in [2.75, 3.05) is 6.61 Å². The molecule has 0 bridgehead atoms. The van der Waals surface area contributed by atoms with Gasteiger partial charge in [0.15, 0.2) is 0 Å². The first-order valence-electron chi connectivity index (χ1n) is 3.74. The largest absolute Gasteiger partial charge is 0.368 e. The molecule has 0 radical (unpaired) electrons. The Hall–Kier alpha value is -1.49. The summed E-state index contributed by atoms with van der Waals surface area (Å²) in [6, 6.07) is 3.45. The quantitative estimate of drug-likeness (QED) is 0.399. The zero-order valence-corrected chi connectivity index (χ0v) is 6.57. The summed E-state index contributed by atoms with van der Waals surface area (Å²) in [6.45, 7) is 0.443. The van der Waals surface area contributed by atoms with Crippen LogP contribution in [0.4, 0.5) is 10.1 Å². The third-order valence-electron chi connectivity index (χ3n) is 1.87. The molecule has 1 fully saturated rings. The monoisotopic (exact) mass is 183 g/mol. The molecule has 1 atom stereocenters. The van der Waals surface area contributed by atoms with Gasteiger partial charge in [-0.3, -0.25) is 10.1 Å². The van der Waals surface area contributed by atoms with E-state index in [1.165, 1.54) is 6.07 Å². The number of hydrogen-bond donors (Lipinski definition) is 0. The number of nitro groups is 1. The van der Waals surface area contributed by atoms with E-state index in [4.69, 9.17) is 4.74 Å². The van der Waals surface area contributed by atoms with Crippen LogP contribution in [0.15, 0.2) is 18.2 Å². The van der Waals surface area contributed by atoms with E-state index >= 15 is 0 Å². The molecule has 0 aliphatic carbocycles. The number of rotatable bonds is 2. The lowest BCUT2D eigenvalue weighted by Gasteiger charge is -1.97. The summed E-state index contributed by atoms with van der Waals surface area (Å²) < 4.78 is 17.9. The topological polar surface area (TPSA) is 55.7 Å². The molecule has 13 heavy (non-hydrogen) atoms. The summed E-state index contributed by atoms with van der Waals surface area (Å²) in [5.41, 5.74) is 0.168. The van der Waals surface area contributed by atoms with Crippen LogP contribution in [0.1, 0.15) is 11.7 Å². The van der Waals surface area contributed by atoms with Gasteiger partial charge < -0.3 is 4.74 Å². The first-order chi connectivity index (χ1) is 6.18. The second kappa shape index (κ2) is 2.77. The van der Waals surface area contributed by atoms with Crippen LogP contribution >= 0.6 is 0 Å². The number of nitro benzene ring substituents is 1. The smallest absolute Gasteiger partial charge is 0.270 e. The Labute approximate surface area is 73.1 Å². The highest BCUT2D eigenvalue weighted by Crippen LogP contribution is 2.33. The highest BCUT2D eigenvalue weighted by molar-refractivity contribution is 5.37. The average molecular weight is 183 g/mol. The molecule has 0 spiro atoms. The van der Waals surface area contributed by atoms with Gasteiger partial charge in [0, 0.05) is 17.7 Å². The Morgan fingerprint density at radius 3 is 2.85 bits per heavy atom. The Balaban J connectivity index is 2.41. The Morgan fingerprint density at radius 2 is 2.31 bits per heavy atom. The van der Waals surface area contributed by atoms with E-state index in [0.717, 1.165) is 12.1 Å². The third-order valence-corrected chi connectivity index (χ3v) is 1.87. The maximum atomic E-state index is 13.0. The molecule has 1 aromatic carbocycles. The van der Waals surface area contributed by atoms with Gasteiger partial charge in [-0.25, -0.2) is 4.39 Å². The molecular formula is C8H6FNO3. The molecular weight excluding hydrogens is 177 g/mol. The summed E-state index contributed by atoms with van der Waals surface area (Å²) in [6.07, 6.45) is -0.292. The molecule has 5 heteroatoms. The van der Waals surface area contributed by atoms with E-state index in [1.54, 1.807) is 0 Å². The van der Waals surface area contributed by atoms with Crippen molar-refractivity contribution in [3.63, 3.8) is 0 Å². The maximum absolute atomic E-state index is 13.0. The van der Waals surface area contributed by atoms with E-state index in [2.05, 4.69) is 0 Å². The van der Waals surface area contributed by atoms with Gasteiger partial charge in [-0.05, 0) is 6.07 Å². The molecule has 68 valence electrons. The molecule has 1 aromatic rings. The van der Waals surface area contributed by atoms with Crippen molar-refractivity contribution >= 4 is 5.69 Å². The fourth-order valence-electron chi connectivity index (χ4n) is 1.12. The van der Waals surface area contributed by atoms with Crippen molar-refractivity contribution in [2.24, 2.45) is 0 Å². The van der Waals surface area contributed by atoms with Gasteiger partial charge in [-0.2, -0.15) is 0 Å². The van der Waals surface area contributed by atoms with E-state index < -0.39 is 10.7 Å². The van der Waals surface area contributed by atoms with Crippen LogP contribution in [-0.4, -0.2) is 11.5 Å². The van der Waals surface area contributed by atoms with E-state index in [1.807, 2.05) is 0 Å². The van der Waals surface area contributed by atoms with Crippen molar-refractivity contribution in [2.45, 2.75) is 6.10 Å². The first-order valence-corrected chi connectivity index (χ1v) is 3.74. The molecule has 2 rings (SSSR count). The lowest BCUT2D eigenvalue weighted by atomic mass is 10.1. The van der Waals surface area contributed by atoms with Crippen LogP contribution in [-0.2, 0) is 4.74 Å². The minimum atomic E-state index is -0.550. The predicted octanol–water partition coefficient (Wildman–Crippen LogP) is 1.81. The molecule has 1 heterocycles. The van der Waals surface area contributed by atoms with Gasteiger partial charge in [0.05, 0.1) is 11.5 Å². The van der Waals surface area contributed by atoms with E-state index in [-0.39, 0.29) is 17.4 Å². The summed E-state index contributed by atoms with van der Waals surface area (Å²) in [5, 5.41) is 10.3. The van der Waals surface area contributed by atoms with E-state index in [9.17, 15) is 14.5 Å². The first kappa shape index (κ1) is 8.12. The summed E-state index contributed by atoms with van der Waals surface area (Å²) in [5.74, 6) is -0.451. The lowest BCUT2D eigenvalue weighted by molar-refractivity contribution is -0.385. The summed E-state index contributed by atoms with van der Waals surface area (Å²) >= 11 is 0. The third kappa shape index (κ3) is 1.50. The van der Waals surface area contributed by atoms with Crippen molar-refractivity contribution in [3.8, 4) is 0 Å². The fraction of sp³-hybridized carbons (Fsp3) is 0.250. The average Bonchev–Trinajstić information content (AvgIpc) is 2.87. The number of halogens is 1. The molecule has 0 aromatic heterocycles. The normalized spacial score (nSPS) is 19.9. The van der Waals surface area contributed by atoms with Gasteiger partial charge >= 0.3 is 0 Å². The number of hydrogen-bond acceptors (Lipinski definition) is 3. The van der Waals surface area contributed by atoms with Gasteiger partial charge in [0.2, 0.25) is 0 Å². The Kier molecular flexibility index (Phi) is 1.73. The van der Waals surface area contributed by atoms with Gasteiger partial charge in [-0.15, -0.1) is 0 Å². The van der Waals surface area contributed by atoms with Crippen LogP contribution in [0.3, 0.4) is 0 Å². The molecule has 0 amide bonds. The Morgan fingerprint density at radius 1 is 1.62 bits per heavy atom. The number of non-ortho nitro benzene ring substituents is 1. The predicted molar refractivity (Wildman–Crippen MR) is 41.7 cm³/mol. The minimum absolute atomic E-state index is 0.105. The minimum Gasteiger partial charge on any atom is -0.368 e. The van der Waals surface area contributed by atoms with Crippen LogP contribution in [0.5, 0.6) is 0 Å². The van der Waals surface area contributed by atoms with Gasteiger partial charge in [0.25, 0.3) is 5.69 Å². The standard InChI is InChI=1S/C8H6FNO3/c9-7-2-1-5(10(11)12)3-6(7)8-4-13-8/h1-3,8H,4H2/t8-/m1/s1. The maximum Gasteiger partial charge on any atom is 0.270 e. The molecule has 0 unspecified atom stereocenters. The number of benzene rings is 1. The van der Waals surface area contributed by atoms with Crippen LogP contribution in [0.25, 0.3) is 0 Å². The van der Waals surface area contributed by atoms with Gasteiger partial charge in [0.1, 0.15) is 11.9 Å². The van der Waals surface area contributed by atoms with Crippen molar-refractivity contribution in [1.29, 1.82) is 0 Å². The van der Waals surface area contributed by atoms with E-state index in [0.29, 0.717) is 6.61 Å². The number of ether oxygens (including phenoxy) is 1. The zero-order chi connectivity index (χ0) is 9.42. The molecule has 1 aliphatic rings. The van der Waals surface area contributed by atoms with Crippen LogP contribution in [0, 0.1) is 15.9 Å². The van der Waals surface area contributed by atoms with Crippen LogP contribution in [0.2, 0.25) is 0 Å². The lowest BCUT2D eigenvalue weighted by Crippen LogP contribution is -1.93. The molecule has 0 N–H and O–H groups in total. The molecule has 4 nitrogen and oxygen atoms in total. The highest BCUT2D eigenvalue weighted by Gasteiger charge is 2.29. The molecule has 1 aliphatic heterocycles. The van der Waals surface area contributed by atoms with Gasteiger partial charge in [-0.1, -0.05) is 0 Å². The molecule has 0 saturated carbocycles.